The Kier molecular flexibility index (Phi) is 7.13. The summed E-state index contributed by atoms with van der Waals surface area (Å²) < 4.78 is 0. The number of unbranched alkanes of at least 4 members (excludes halogenated alkanes) is 2. The van der Waals surface area contributed by atoms with Gasteiger partial charge in [0.1, 0.15) is 6.04 Å². The molecule has 2 unspecified atom stereocenters. The number of carbonyl (C=O) groups is 2. The Morgan fingerprint density at radius 3 is 2.74 bits per heavy atom. The standard InChI is InChI=1S/C19H32N2O2/c1-3-5-6-7-9-15(4-2)14-18(22)21-13-8-10-17(21)19(23)20-16-11-12-16/h3,15-17H,1,4-14H2,2H3,(H,20,23). The van der Waals surface area contributed by atoms with Gasteiger partial charge in [0.05, 0.1) is 0 Å². The molecule has 23 heavy (non-hydrogen) atoms. The Bertz CT molecular complexity index is 418. The molecule has 1 N–H and O–H groups in total. The second kappa shape index (κ2) is 9.09. The fourth-order valence-corrected chi connectivity index (χ4v) is 3.40. The van der Waals surface area contributed by atoms with E-state index in [1.165, 1.54) is 0 Å². The minimum atomic E-state index is -0.221. The minimum absolute atomic E-state index is 0.0670. The molecule has 2 rings (SSSR count). The summed E-state index contributed by atoms with van der Waals surface area (Å²) in [5, 5.41) is 3.05. The predicted octanol–water partition coefficient (Wildman–Crippen LogP) is 3.42. The minimum Gasteiger partial charge on any atom is -0.352 e. The van der Waals surface area contributed by atoms with Gasteiger partial charge in [0, 0.05) is 19.0 Å². The number of hydrogen-bond acceptors (Lipinski definition) is 2. The van der Waals surface area contributed by atoms with Gasteiger partial charge >= 0.3 is 0 Å². The lowest BCUT2D eigenvalue weighted by molar-refractivity contribution is -0.139. The van der Waals surface area contributed by atoms with Gasteiger partial charge in [0.15, 0.2) is 0 Å². The zero-order valence-electron chi connectivity index (χ0n) is 14.6. The van der Waals surface area contributed by atoms with E-state index in [1.54, 1.807) is 0 Å². The summed E-state index contributed by atoms with van der Waals surface area (Å²) in [6, 6.07) is 0.148. The van der Waals surface area contributed by atoms with Crippen LogP contribution >= 0.6 is 0 Å². The van der Waals surface area contributed by atoms with Crippen molar-refractivity contribution < 1.29 is 9.59 Å². The van der Waals surface area contributed by atoms with E-state index in [0.29, 0.717) is 18.4 Å². The van der Waals surface area contributed by atoms with Crippen LogP contribution in [0.25, 0.3) is 0 Å². The molecule has 1 saturated carbocycles. The SMILES string of the molecule is C=CCCCCC(CC)CC(=O)N1CCCC1C(=O)NC1CC1. The first kappa shape index (κ1) is 18.0. The van der Waals surface area contributed by atoms with Gasteiger partial charge in [-0.25, -0.2) is 0 Å². The first-order valence-corrected chi connectivity index (χ1v) is 9.36. The molecule has 0 spiro atoms. The van der Waals surface area contributed by atoms with Crippen LogP contribution in [0.15, 0.2) is 12.7 Å². The maximum Gasteiger partial charge on any atom is 0.243 e. The summed E-state index contributed by atoms with van der Waals surface area (Å²) >= 11 is 0. The molecule has 0 radical (unpaired) electrons. The molecule has 2 aliphatic rings. The van der Waals surface area contributed by atoms with Gasteiger partial charge in [0.2, 0.25) is 11.8 Å². The zero-order chi connectivity index (χ0) is 16.7. The molecule has 4 nitrogen and oxygen atoms in total. The van der Waals surface area contributed by atoms with Crippen molar-refractivity contribution in [3.63, 3.8) is 0 Å². The van der Waals surface area contributed by atoms with Crippen molar-refractivity contribution in [1.82, 2.24) is 10.2 Å². The highest BCUT2D eigenvalue weighted by Crippen LogP contribution is 2.25. The summed E-state index contributed by atoms with van der Waals surface area (Å²) in [5.74, 6) is 0.687. The third-order valence-corrected chi connectivity index (χ3v) is 5.11. The normalized spacial score (nSPS) is 22.0. The van der Waals surface area contributed by atoms with Crippen LogP contribution in [-0.4, -0.2) is 35.3 Å². The fraction of sp³-hybridized carbons (Fsp3) is 0.789. The van der Waals surface area contributed by atoms with Crippen LogP contribution in [0.1, 0.15) is 71.1 Å². The lowest BCUT2D eigenvalue weighted by Gasteiger charge is -2.26. The third kappa shape index (κ3) is 5.67. The molecule has 0 aromatic heterocycles. The van der Waals surface area contributed by atoms with E-state index < -0.39 is 0 Å². The first-order chi connectivity index (χ1) is 11.2. The van der Waals surface area contributed by atoms with E-state index in [4.69, 9.17) is 0 Å². The maximum atomic E-state index is 12.6. The lowest BCUT2D eigenvalue weighted by atomic mass is 9.94. The van der Waals surface area contributed by atoms with E-state index in [2.05, 4.69) is 18.8 Å². The van der Waals surface area contributed by atoms with Crippen molar-refractivity contribution in [3.8, 4) is 0 Å². The lowest BCUT2D eigenvalue weighted by Crippen LogP contribution is -2.46. The molecule has 1 heterocycles. The van der Waals surface area contributed by atoms with Crippen molar-refractivity contribution in [3.05, 3.63) is 12.7 Å². The highest BCUT2D eigenvalue weighted by Gasteiger charge is 2.36. The molecule has 0 bridgehead atoms. The molecule has 1 aliphatic heterocycles. The number of carbonyl (C=O) groups excluding carboxylic acids is 2. The predicted molar refractivity (Wildman–Crippen MR) is 93.0 cm³/mol. The van der Waals surface area contributed by atoms with Gasteiger partial charge in [-0.1, -0.05) is 25.8 Å². The Labute approximate surface area is 140 Å². The topological polar surface area (TPSA) is 49.4 Å². The summed E-state index contributed by atoms with van der Waals surface area (Å²) in [4.78, 5) is 26.8. The van der Waals surface area contributed by atoms with E-state index in [1.807, 2.05) is 11.0 Å². The average Bonchev–Trinajstić information content (AvgIpc) is 3.21. The van der Waals surface area contributed by atoms with Crippen LogP contribution in [0.5, 0.6) is 0 Å². The zero-order valence-corrected chi connectivity index (χ0v) is 14.6. The Hall–Kier alpha value is -1.32. The number of amides is 2. The van der Waals surface area contributed by atoms with E-state index in [-0.39, 0.29) is 17.9 Å². The summed E-state index contributed by atoms with van der Waals surface area (Å²) in [6.07, 6.45) is 12.0. The third-order valence-electron chi connectivity index (χ3n) is 5.11. The number of hydrogen-bond donors (Lipinski definition) is 1. The average molecular weight is 320 g/mol. The van der Waals surface area contributed by atoms with Crippen molar-refractivity contribution in [1.29, 1.82) is 0 Å². The van der Waals surface area contributed by atoms with Gasteiger partial charge in [-0.05, 0) is 50.9 Å². The molecule has 0 aromatic carbocycles. The first-order valence-electron chi connectivity index (χ1n) is 9.36. The van der Waals surface area contributed by atoms with Gasteiger partial charge < -0.3 is 10.2 Å². The van der Waals surface area contributed by atoms with Crippen LogP contribution in [0.3, 0.4) is 0 Å². The van der Waals surface area contributed by atoms with E-state index in [0.717, 1.165) is 64.3 Å². The Balaban J connectivity index is 1.79. The van der Waals surface area contributed by atoms with Crippen LogP contribution in [0.2, 0.25) is 0 Å². The second-order valence-electron chi connectivity index (χ2n) is 7.08. The number of rotatable bonds is 10. The second-order valence-corrected chi connectivity index (χ2v) is 7.08. The molecule has 1 aliphatic carbocycles. The molecule has 2 amide bonds. The van der Waals surface area contributed by atoms with Crippen molar-refractivity contribution in [2.45, 2.75) is 83.2 Å². The van der Waals surface area contributed by atoms with Gasteiger partial charge in [0.25, 0.3) is 0 Å². The fourth-order valence-electron chi connectivity index (χ4n) is 3.40. The van der Waals surface area contributed by atoms with Crippen molar-refractivity contribution >= 4 is 11.8 Å². The van der Waals surface area contributed by atoms with Crippen molar-refractivity contribution in [2.75, 3.05) is 6.54 Å². The summed E-state index contributed by atoms with van der Waals surface area (Å²) in [7, 11) is 0. The highest BCUT2D eigenvalue weighted by molar-refractivity contribution is 5.88. The number of allylic oxidation sites excluding steroid dienone is 1. The monoisotopic (exact) mass is 320 g/mol. The summed E-state index contributed by atoms with van der Waals surface area (Å²) in [5.41, 5.74) is 0. The Morgan fingerprint density at radius 1 is 1.30 bits per heavy atom. The summed E-state index contributed by atoms with van der Waals surface area (Å²) in [6.45, 7) is 6.65. The molecule has 1 saturated heterocycles. The highest BCUT2D eigenvalue weighted by atomic mass is 16.2. The van der Waals surface area contributed by atoms with Gasteiger partial charge in [-0.2, -0.15) is 0 Å². The van der Waals surface area contributed by atoms with Gasteiger partial charge in [-0.3, -0.25) is 9.59 Å². The number of nitrogens with zero attached hydrogens (tertiary/aromatic N) is 1. The molecular weight excluding hydrogens is 288 g/mol. The number of nitrogens with one attached hydrogen (secondary N) is 1. The number of likely N-dealkylation sites (tertiary alicyclic amines) is 1. The quantitative estimate of drug-likeness (QED) is 0.495. The van der Waals surface area contributed by atoms with E-state index >= 15 is 0 Å². The maximum absolute atomic E-state index is 12.6. The molecule has 2 atom stereocenters. The molecule has 0 aromatic rings. The molecule has 2 fully saturated rings. The van der Waals surface area contributed by atoms with Crippen LogP contribution in [0.4, 0.5) is 0 Å². The molecule has 4 heteroatoms. The van der Waals surface area contributed by atoms with Crippen molar-refractivity contribution in [2.24, 2.45) is 5.92 Å². The van der Waals surface area contributed by atoms with Gasteiger partial charge in [-0.15, -0.1) is 6.58 Å². The van der Waals surface area contributed by atoms with Crippen LogP contribution in [-0.2, 0) is 9.59 Å². The van der Waals surface area contributed by atoms with Crippen LogP contribution in [0, 0.1) is 5.92 Å². The Morgan fingerprint density at radius 2 is 2.09 bits per heavy atom. The largest absolute Gasteiger partial charge is 0.352 e. The molecule has 130 valence electrons. The smallest absolute Gasteiger partial charge is 0.243 e. The van der Waals surface area contributed by atoms with E-state index in [9.17, 15) is 9.59 Å². The molecular formula is C19H32N2O2. The van der Waals surface area contributed by atoms with Crippen LogP contribution < -0.4 is 5.32 Å².